The van der Waals surface area contributed by atoms with Crippen molar-refractivity contribution in [3.05, 3.63) is 178 Å². The van der Waals surface area contributed by atoms with Crippen LogP contribution in [0.25, 0.3) is 0 Å². The Morgan fingerprint density at radius 2 is 0.905 bits per heavy atom. The lowest BCUT2D eigenvalue weighted by Gasteiger charge is -2.04. The molecule has 0 spiro atoms. The molecule has 0 atom stereocenters. The standard InChI is InChI=1S/C10H15N.2C9H10N2.C9H13NO.C9H13N.C8H11N/c1-4-9-5-6-11-10(7-9)8(2)3;1-7(2)9-5-8(6-10)3-4-11-9;1-7(2)9-4-3-8(5-10)6-11-9;1-7(2)9-4-3-8(6-11)5-10-9;1-7(2)9-6-8(3)4-5-10-9;1-7(2)8-5-3-4-6-9-8/h5-8H,4H2,1-3H3;3-5,7H,1-2H3;3-4,6-7H,1-2H3;3-5,7,11H,6H2,1-2H3;4-7H,1-3H3;3-7H,1-2H3. The minimum absolute atomic E-state index is 0.0748. The average molecular weight is 849 g/mol. The predicted molar refractivity (Wildman–Crippen MR) is 259 cm³/mol. The van der Waals surface area contributed by atoms with Gasteiger partial charge in [0.2, 0.25) is 0 Å². The molecule has 0 fully saturated rings. The molecule has 0 saturated carbocycles. The molecule has 0 aromatic carbocycles. The summed E-state index contributed by atoms with van der Waals surface area (Å²) in [6.45, 7) is 29.7. The van der Waals surface area contributed by atoms with Crippen LogP contribution in [0.15, 0.2) is 116 Å². The van der Waals surface area contributed by atoms with Gasteiger partial charge in [0.05, 0.1) is 23.8 Å². The molecule has 0 amide bonds. The molecule has 334 valence electrons. The van der Waals surface area contributed by atoms with Crippen LogP contribution in [0.4, 0.5) is 0 Å². The molecule has 0 aliphatic rings. The molecule has 0 aliphatic carbocycles. The second-order valence-corrected chi connectivity index (χ2v) is 16.8. The number of rotatable bonds is 8. The Morgan fingerprint density at radius 1 is 0.444 bits per heavy atom. The normalized spacial score (nSPS) is 10.1. The number of aryl methyl sites for hydroxylation is 2. The summed E-state index contributed by atoms with van der Waals surface area (Å²) in [7, 11) is 0. The lowest BCUT2D eigenvalue weighted by Crippen LogP contribution is -1.93. The van der Waals surface area contributed by atoms with Crippen molar-refractivity contribution in [1.29, 1.82) is 10.5 Å². The number of aromatic nitrogens is 6. The minimum Gasteiger partial charge on any atom is -0.392 e. The molecule has 0 saturated heterocycles. The maximum Gasteiger partial charge on any atom is 0.101 e. The van der Waals surface area contributed by atoms with E-state index in [1.54, 1.807) is 30.7 Å². The Kier molecular flexibility index (Phi) is 26.8. The summed E-state index contributed by atoms with van der Waals surface area (Å²) in [5.74, 6) is 2.92. The zero-order valence-electron chi connectivity index (χ0n) is 40.4. The number of hydrogen-bond acceptors (Lipinski definition) is 9. The van der Waals surface area contributed by atoms with Crippen LogP contribution in [0.5, 0.6) is 0 Å². The number of aliphatic hydroxyl groups excluding tert-OH is 1. The largest absolute Gasteiger partial charge is 0.392 e. The molecule has 0 aliphatic heterocycles. The minimum atomic E-state index is 0.0748. The Labute approximate surface area is 379 Å². The van der Waals surface area contributed by atoms with E-state index in [4.69, 9.17) is 15.6 Å². The van der Waals surface area contributed by atoms with Crippen molar-refractivity contribution in [2.24, 2.45) is 0 Å². The Balaban J connectivity index is 0.000000378. The molecular weight excluding hydrogens is 777 g/mol. The molecule has 63 heavy (non-hydrogen) atoms. The van der Waals surface area contributed by atoms with Crippen molar-refractivity contribution in [1.82, 2.24) is 29.9 Å². The fourth-order valence-corrected chi connectivity index (χ4v) is 5.14. The van der Waals surface area contributed by atoms with Crippen LogP contribution in [-0.4, -0.2) is 35.0 Å². The van der Waals surface area contributed by atoms with E-state index in [9.17, 15) is 0 Å². The maximum absolute atomic E-state index is 8.73. The molecule has 0 bridgehead atoms. The van der Waals surface area contributed by atoms with Crippen LogP contribution in [-0.2, 0) is 13.0 Å². The van der Waals surface area contributed by atoms with E-state index in [-0.39, 0.29) is 6.61 Å². The van der Waals surface area contributed by atoms with Gasteiger partial charge in [0.25, 0.3) is 0 Å². The van der Waals surface area contributed by atoms with Gasteiger partial charge in [-0.1, -0.05) is 102 Å². The highest BCUT2D eigenvalue weighted by molar-refractivity contribution is 5.30. The number of pyridine rings is 6. The van der Waals surface area contributed by atoms with Gasteiger partial charge in [-0.3, -0.25) is 29.9 Å². The third kappa shape index (κ3) is 23.0. The topological polar surface area (TPSA) is 145 Å². The van der Waals surface area contributed by atoms with Crippen LogP contribution in [0.3, 0.4) is 0 Å². The highest BCUT2D eigenvalue weighted by Gasteiger charge is 2.03. The monoisotopic (exact) mass is 849 g/mol. The Hall–Kier alpha value is -6.16. The number of nitriles is 2. The van der Waals surface area contributed by atoms with Gasteiger partial charge in [0.15, 0.2) is 0 Å². The first kappa shape index (κ1) is 54.9. The van der Waals surface area contributed by atoms with E-state index in [2.05, 4.69) is 151 Å². The summed E-state index contributed by atoms with van der Waals surface area (Å²) in [4.78, 5) is 25.2. The van der Waals surface area contributed by atoms with Crippen LogP contribution in [0.2, 0.25) is 0 Å². The summed E-state index contributed by atoms with van der Waals surface area (Å²) in [5.41, 5.74) is 11.5. The van der Waals surface area contributed by atoms with E-state index < -0.39 is 0 Å². The molecule has 6 aromatic rings. The SMILES string of the molecule is CC(C)c1cc(C#N)ccn1.CC(C)c1ccc(C#N)cn1.CC(C)c1ccc(CO)cn1.CC(C)c1ccccn1.CCc1ccnc(C(C)C)c1.Cc1ccnc(C(C)C)c1. The van der Waals surface area contributed by atoms with Gasteiger partial charge in [-0.15, -0.1) is 0 Å². The smallest absolute Gasteiger partial charge is 0.101 e. The van der Waals surface area contributed by atoms with E-state index >= 15 is 0 Å². The van der Waals surface area contributed by atoms with Gasteiger partial charge in [-0.25, -0.2) is 0 Å². The van der Waals surface area contributed by atoms with Gasteiger partial charge >= 0.3 is 0 Å². The molecule has 0 unspecified atom stereocenters. The van der Waals surface area contributed by atoms with Gasteiger partial charge in [0, 0.05) is 71.3 Å². The average Bonchev–Trinajstić information content (AvgIpc) is 3.30. The summed E-state index contributed by atoms with van der Waals surface area (Å²) in [6.07, 6.45) is 11.7. The van der Waals surface area contributed by atoms with Crippen LogP contribution in [0, 0.1) is 29.6 Å². The molecule has 6 heterocycles. The summed E-state index contributed by atoms with van der Waals surface area (Å²) in [5, 5.41) is 25.8. The lowest BCUT2D eigenvalue weighted by atomic mass is 10.1. The van der Waals surface area contributed by atoms with Crippen molar-refractivity contribution in [2.75, 3.05) is 0 Å². The van der Waals surface area contributed by atoms with Crippen molar-refractivity contribution in [2.45, 2.75) is 145 Å². The van der Waals surface area contributed by atoms with Gasteiger partial charge in [0.1, 0.15) is 6.07 Å². The zero-order valence-corrected chi connectivity index (χ0v) is 40.4. The second-order valence-electron chi connectivity index (χ2n) is 16.8. The van der Waals surface area contributed by atoms with E-state index in [1.807, 2.05) is 73.2 Å². The molecular formula is C54H72N8O. The maximum atomic E-state index is 8.73. The van der Waals surface area contributed by atoms with E-state index in [1.165, 1.54) is 22.5 Å². The quantitative estimate of drug-likeness (QED) is 0.158. The third-order valence-electron chi connectivity index (χ3n) is 9.28. The van der Waals surface area contributed by atoms with Crippen LogP contribution >= 0.6 is 0 Å². The number of hydrogen-bond donors (Lipinski definition) is 1. The van der Waals surface area contributed by atoms with E-state index in [0.29, 0.717) is 46.6 Å². The van der Waals surface area contributed by atoms with Crippen molar-refractivity contribution in [3.8, 4) is 12.1 Å². The number of nitrogens with zero attached hydrogens (tertiary/aromatic N) is 8. The first-order valence-electron chi connectivity index (χ1n) is 22.0. The summed E-state index contributed by atoms with van der Waals surface area (Å²) >= 11 is 0. The molecule has 0 radical (unpaired) electrons. The van der Waals surface area contributed by atoms with Crippen LogP contribution in [0.1, 0.15) is 187 Å². The molecule has 6 rings (SSSR count). The fourth-order valence-electron chi connectivity index (χ4n) is 5.14. The first-order valence-corrected chi connectivity index (χ1v) is 22.0. The zero-order chi connectivity index (χ0) is 47.3. The van der Waals surface area contributed by atoms with Gasteiger partial charge in [-0.05, 0) is 132 Å². The summed E-state index contributed by atoms with van der Waals surface area (Å²) < 4.78 is 0. The van der Waals surface area contributed by atoms with Crippen molar-refractivity contribution in [3.63, 3.8) is 0 Å². The lowest BCUT2D eigenvalue weighted by molar-refractivity contribution is 0.281. The first-order chi connectivity index (χ1) is 29.9. The second kappa shape index (κ2) is 30.8. The van der Waals surface area contributed by atoms with Gasteiger partial charge < -0.3 is 5.11 Å². The summed E-state index contributed by atoms with van der Waals surface area (Å²) in [6, 6.07) is 29.6. The Morgan fingerprint density at radius 3 is 1.29 bits per heavy atom. The van der Waals surface area contributed by atoms with Gasteiger partial charge in [-0.2, -0.15) is 10.5 Å². The predicted octanol–water partition coefficient (Wildman–Crippen LogP) is 13.3. The Bertz CT molecular complexity index is 2200. The fraction of sp³-hybridized carbons (Fsp3) is 0.407. The number of aliphatic hydroxyl groups is 1. The van der Waals surface area contributed by atoms with Crippen molar-refractivity contribution >= 4 is 0 Å². The highest BCUT2D eigenvalue weighted by atomic mass is 16.3. The molecule has 9 heteroatoms. The van der Waals surface area contributed by atoms with Crippen LogP contribution < -0.4 is 0 Å². The third-order valence-corrected chi connectivity index (χ3v) is 9.28. The van der Waals surface area contributed by atoms with E-state index in [0.717, 1.165) is 34.8 Å². The molecule has 6 aromatic heterocycles. The highest BCUT2D eigenvalue weighted by Crippen LogP contribution is 2.15. The van der Waals surface area contributed by atoms with Crippen molar-refractivity contribution < 1.29 is 5.11 Å². The molecule has 9 nitrogen and oxygen atoms in total. The molecule has 1 N–H and O–H groups in total.